The van der Waals surface area contributed by atoms with E-state index < -0.39 is 0 Å². The van der Waals surface area contributed by atoms with Crippen LogP contribution in [-0.4, -0.2) is 21.5 Å². The summed E-state index contributed by atoms with van der Waals surface area (Å²) in [5.41, 5.74) is 3.34. The van der Waals surface area contributed by atoms with E-state index in [2.05, 4.69) is 34.1 Å². The normalized spacial score (nSPS) is 11.0. The number of aromatic hydroxyl groups is 1. The van der Waals surface area contributed by atoms with Gasteiger partial charge in [-0.3, -0.25) is 9.88 Å². The van der Waals surface area contributed by atoms with Crippen LogP contribution in [-0.2, 0) is 19.5 Å². The van der Waals surface area contributed by atoms with Gasteiger partial charge in [0.15, 0.2) is 0 Å². The van der Waals surface area contributed by atoms with Gasteiger partial charge in [-0.05, 0) is 47.9 Å². The number of rotatable bonds is 7. The first-order chi connectivity index (χ1) is 12.2. The fourth-order valence-electron chi connectivity index (χ4n) is 2.81. The van der Waals surface area contributed by atoms with Crippen LogP contribution in [0, 0.1) is 0 Å². The van der Waals surface area contributed by atoms with E-state index in [1.54, 1.807) is 12.1 Å². The van der Waals surface area contributed by atoms with Crippen LogP contribution in [0.4, 0.5) is 0 Å². The van der Waals surface area contributed by atoms with E-state index in [1.165, 1.54) is 11.1 Å². The third-order valence-electron chi connectivity index (χ3n) is 4.15. The van der Waals surface area contributed by atoms with Crippen molar-refractivity contribution >= 4 is 11.6 Å². The first-order valence-electron chi connectivity index (χ1n) is 8.33. The molecule has 4 heteroatoms. The van der Waals surface area contributed by atoms with E-state index in [1.807, 2.05) is 36.7 Å². The van der Waals surface area contributed by atoms with E-state index >= 15 is 0 Å². The van der Waals surface area contributed by atoms with Crippen molar-refractivity contribution in [3.63, 3.8) is 0 Å². The van der Waals surface area contributed by atoms with Gasteiger partial charge in [0, 0.05) is 42.6 Å². The zero-order valence-corrected chi connectivity index (χ0v) is 14.7. The van der Waals surface area contributed by atoms with E-state index in [-0.39, 0.29) is 5.75 Å². The molecule has 1 N–H and O–H groups in total. The molecule has 0 unspecified atom stereocenters. The average Bonchev–Trinajstić information content (AvgIpc) is 2.64. The number of phenols is 1. The number of phenolic OH excluding ortho intramolecular Hbond substituents is 1. The van der Waals surface area contributed by atoms with Crippen molar-refractivity contribution in [3.05, 3.63) is 94.8 Å². The van der Waals surface area contributed by atoms with Crippen LogP contribution in [0.2, 0.25) is 5.02 Å². The lowest BCUT2D eigenvalue weighted by Crippen LogP contribution is -2.25. The number of benzene rings is 2. The monoisotopic (exact) mass is 352 g/mol. The molecular formula is C21H21ClN2O. The minimum Gasteiger partial charge on any atom is -0.508 e. The molecule has 0 saturated carbocycles. The SMILES string of the molecule is Oc1ccc(Cl)cc1CN(CCc1ccccc1)Cc1ccncc1. The molecule has 1 aromatic heterocycles. The van der Waals surface area contributed by atoms with Crippen LogP contribution in [0.25, 0.3) is 0 Å². The lowest BCUT2D eigenvalue weighted by Gasteiger charge is -2.23. The van der Waals surface area contributed by atoms with E-state index in [4.69, 9.17) is 11.6 Å². The summed E-state index contributed by atoms with van der Waals surface area (Å²) in [5, 5.41) is 10.8. The predicted octanol–water partition coefficient (Wildman–Crippen LogP) is 4.69. The summed E-state index contributed by atoms with van der Waals surface area (Å²) in [7, 11) is 0. The largest absolute Gasteiger partial charge is 0.508 e. The Morgan fingerprint density at radius 1 is 0.880 bits per heavy atom. The number of aromatic nitrogens is 1. The van der Waals surface area contributed by atoms with Gasteiger partial charge in [0.25, 0.3) is 0 Å². The second kappa shape index (κ2) is 8.65. The number of halogens is 1. The lowest BCUT2D eigenvalue weighted by molar-refractivity contribution is 0.256. The molecule has 3 nitrogen and oxygen atoms in total. The molecule has 3 rings (SSSR count). The zero-order valence-electron chi connectivity index (χ0n) is 14.0. The smallest absolute Gasteiger partial charge is 0.120 e. The molecule has 0 bridgehead atoms. The maximum atomic E-state index is 10.1. The van der Waals surface area contributed by atoms with Gasteiger partial charge in [0.05, 0.1) is 0 Å². The Morgan fingerprint density at radius 2 is 1.64 bits per heavy atom. The van der Waals surface area contributed by atoms with Crippen LogP contribution in [0.3, 0.4) is 0 Å². The first kappa shape index (κ1) is 17.5. The molecule has 0 amide bonds. The summed E-state index contributed by atoms with van der Waals surface area (Å²) in [6, 6.07) is 19.7. The molecule has 0 aliphatic heterocycles. The Balaban J connectivity index is 1.74. The minimum absolute atomic E-state index is 0.281. The van der Waals surface area contributed by atoms with Gasteiger partial charge in [0.2, 0.25) is 0 Å². The third-order valence-corrected chi connectivity index (χ3v) is 4.39. The summed E-state index contributed by atoms with van der Waals surface area (Å²) in [4.78, 5) is 6.39. The van der Waals surface area contributed by atoms with Crippen molar-refractivity contribution < 1.29 is 5.11 Å². The number of hydrogen-bond donors (Lipinski definition) is 1. The van der Waals surface area contributed by atoms with Gasteiger partial charge >= 0.3 is 0 Å². The summed E-state index contributed by atoms with van der Waals surface area (Å²) in [6.45, 7) is 2.32. The molecule has 0 radical (unpaired) electrons. The van der Waals surface area contributed by atoms with E-state index in [9.17, 15) is 5.11 Å². The zero-order chi connectivity index (χ0) is 17.5. The summed E-state index contributed by atoms with van der Waals surface area (Å²) < 4.78 is 0. The van der Waals surface area contributed by atoms with Gasteiger partial charge in [-0.15, -0.1) is 0 Å². The van der Waals surface area contributed by atoms with Gasteiger partial charge in [0.1, 0.15) is 5.75 Å². The molecule has 0 spiro atoms. The highest BCUT2D eigenvalue weighted by atomic mass is 35.5. The second-order valence-corrected chi connectivity index (χ2v) is 6.51. The van der Waals surface area contributed by atoms with Gasteiger partial charge < -0.3 is 5.11 Å². The lowest BCUT2D eigenvalue weighted by atomic mass is 10.1. The molecule has 2 aromatic carbocycles. The molecule has 0 fully saturated rings. The van der Waals surface area contributed by atoms with Gasteiger partial charge in [-0.1, -0.05) is 41.9 Å². The number of nitrogens with zero attached hydrogens (tertiary/aromatic N) is 2. The van der Waals surface area contributed by atoms with Crippen molar-refractivity contribution in [2.45, 2.75) is 19.5 Å². The van der Waals surface area contributed by atoms with E-state index in [0.717, 1.165) is 25.1 Å². The fourth-order valence-corrected chi connectivity index (χ4v) is 3.01. The molecule has 0 atom stereocenters. The Hall–Kier alpha value is -2.36. The molecule has 128 valence electrons. The Bertz CT molecular complexity index is 794. The molecule has 3 aromatic rings. The first-order valence-corrected chi connectivity index (χ1v) is 8.71. The summed E-state index contributed by atoms with van der Waals surface area (Å²) in [5.74, 6) is 0.281. The fraction of sp³-hybridized carbons (Fsp3) is 0.190. The summed E-state index contributed by atoms with van der Waals surface area (Å²) in [6.07, 6.45) is 4.57. The van der Waals surface area contributed by atoms with Crippen molar-refractivity contribution in [1.29, 1.82) is 0 Å². The third kappa shape index (κ3) is 5.31. The average molecular weight is 353 g/mol. The standard InChI is InChI=1S/C21H21ClN2O/c22-20-6-7-21(25)19(14-20)16-24(15-18-8-11-23-12-9-18)13-10-17-4-2-1-3-5-17/h1-9,11-12,14,25H,10,13,15-16H2. The van der Waals surface area contributed by atoms with Gasteiger partial charge in [-0.2, -0.15) is 0 Å². The highest BCUT2D eigenvalue weighted by molar-refractivity contribution is 6.30. The highest BCUT2D eigenvalue weighted by Crippen LogP contribution is 2.23. The van der Waals surface area contributed by atoms with Crippen molar-refractivity contribution in [3.8, 4) is 5.75 Å². The van der Waals surface area contributed by atoms with Crippen molar-refractivity contribution in [2.24, 2.45) is 0 Å². The maximum Gasteiger partial charge on any atom is 0.120 e. The molecule has 0 saturated heterocycles. The van der Waals surface area contributed by atoms with E-state index in [0.29, 0.717) is 11.6 Å². The molecule has 25 heavy (non-hydrogen) atoms. The van der Waals surface area contributed by atoms with Crippen LogP contribution < -0.4 is 0 Å². The quantitative estimate of drug-likeness (QED) is 0.670. The van der Waals surface area contributed by atoms with Gasteiger partial charge in [-0.25, -0.2) is 0 Å². The predicted molar refractivity (Wildman–Crippen MR) is 102 cm³/mol. The van der Waals surface area contributed by atoms with Crippen LogP contribution in [0.5, 0.6) is 5.75 Å². The molecule has 0 aliphatic carbocycles. The molecule has 0 aliphatic rings. The number of pyridine rings is 1. The second-order valence-electron chi connectivity index (χ2n) is 6.07. The Kier molecular flexibility index (Phi) is 6.04. The molecule has 1 heterocycles. The Morgan fingerprint density at radius 3 is 2.40 bits per heavy atom. The van der Waals surface area contributed by atoms with Crippen LogP contribution >= 0.6 is 11.6 Å². The maximum absolute atomic E-state index is 10.1. The molecular weight excluding hydrogens is 332 g/mol. The Labute approximate surface area is 153 Å². The topological polar surface area (TPSA) is 36.4 Å². The van der Waals surface area contributed by atoms with Crippen molar-refractivity contribution in [1.82, 2.24) is 9.88 Å². The minimum atomic E-state index is 0.281. The highest BCUT2D eigenvalue weighted by Gasteiger charge is 2.11. The summed E-state index contributed by atoms with van der Waals surface area (Å²) >= 11 is 6.10. The van der Waals surface area contributed by atoms with Crippen LogP contribution in [0.1, 0.15) is 16.7 Å². The van der Waals surface area contributed by atoms with Crippen LogP contribution in [0.15, 0.2) is 73.1 Å². The van der Waals surface area contributed by atoms with Crippen molar-refractivity contribution in [2.75, 3.05) is 6.54 Å². The number of hydrogen-bond acceptors (Lipinski definition) is 3.